The molecule has 0 aliphatic heterocycles. The van der Waals surface area contributed by atoms with Gasteiger partial charge in [-0.05, 0) is 70.0 Å². The van der Waals surface area contributed by atoms with Gasteiger partial charge in [-0.2, -0.15) is 0 Å². The summed E-state index contributed by atoms with van der Waals surface area (Å²) >= 11 is 13.5. The van der Waals surface area contributed by atoms with Gasteiger partial charge in [0.2, 0.25) is 0 Å². The van der Waals surface area contributed by atoms with E-state index in [0.717, 1.165) is 20.4 Å². The first-order chi connectivity index (χ1) is 12.2. The van der Waals surface area contributed by atoms with Crippen LogP contribution in [0.5, 0.6) is 11.5 Å². The average molecular weight is 612 g/mol. The van der Waals surface area contributed by atoms with Crippen molar-refractivity contribution < 1.29 is 10.2 Å². The van der Waals surface area contributed by atoms with Crippen molar-refractivity contribution in [2.75, 3.05) is 13.1 Å². The second-order valence-corrected chi connectivity index (χ2v) is 9.04. The highest BCUT2D eigenvalue weighted by Crippen LogP contribution is 2.33. The van der Waals surface area contributed by atoms with E-state index in [9.17, 15) is 10.2 Å². The van der Waals surface area contributed by atoms with E-state index in [1.54, 1.807) is 12.1 Å². The molecule has 26 heavy (non-hydrogen) atoms. The van der Waals surface area contributed by atoms with Crippen molar-refractivity contribution in [2.45, 2.75) is 13.8 Å². The molecule has 2 aromatic carbocycles. The van der Waals surface area contributed by atoms with Crippen LogP contribution in [0.1, 0.15) is 25.0 Å². The Kier molecular flexibility index (Phi) is 7.88. The van der Waals surface area contributed by atoms with E-state index in [2.05, 4.69) is 73.7 Å². The molecule has 0 atom stereocenters. The Morgan fingerprint density at radius 1 is 0.731 bits per heavy atom. The van der Waals surface area contributed by atoms with Crippen LogP contribution in [0, 0.1) is 0 Å². The lowest BCUT2D eigenvalue weighted by Gasteiger charge is -2.08. The normalized spacial score (nSPS) is 12.5. The maximum absolute atomic E-state index is 10.2. The third kappa shape index (κ3) is 5.41. The summed E-state index contributed by atoms with van der Waals surface area (Å²) in [7, 11) is 0. The van der Waals surface area contributed by atoms with Crippen molar-refractivity contribution in [2.24, 2.45) is 9.98 Å². The molecule has 2 aromatic rings. The van der Waals surface area contributed by atoms with Gasteiger partial charge < -0.3 is 10.2 Å². The molecule has 0 heterocycles. The maximum Gasteiger partial charge on any atom is 0.138 e. The van der Waals surface area contributed by atoms with E-state index >= 15 is 0 Å². The van der Waals surface area contributed by atoms with E-state index in [4.69, 9.17) is 0 Å². The van der Waals surface area contributed by atoms with Crippen molar-refractivity contribution in [1.29, 1.82) is 0 Å². The molecule has 0 radical (unpaired) electrons. The Morgan fingerprint density at radius 2 is 1.08 bits per heavy atom. The highest BCUT2D eigenvalue weighted by atomic mass is 79.9. The zero-order chi connectivity index (χ0) is 19.4. The lowest BCUT2D eigenvalue weighted by Crippen LogP contribution is -2.02. The van der Waals surface area contributed by atoms with Gasteiger partial charge in [-0.15, -0.1) is 0 Å². The Morgan fingerprint density at radius 3 is 1.42 bits per heavy atom. The minimum atomic E-state index is 0.165. The molecular weight excluding hydrogens is 596 g/mol. The van der Waals surface area contributed by atoms with Crippen molar-refractivity contribution in [3.63, 3.8) is 0 Å². The average Bonchev–Trinajstić information content (AvgIpc) is 2.57. The van der Waals surface area contributed by atoms with E-state index in [-0.39, 0.29) is 11.5 Å². The van der Waals surface area contributed by atoms with E-state index in [1.807, 2.05) is 26.0 Å². The fraction of sp³-hybridized carbons (Fsp3) is 0.222. The summed E-state index contributed by atoms with van der Waals surface area (Å²) in [4.78, 5) is 8.98. The van der Waals surface area contributed by atoms with Gasteiger partial charge in [-0.1, -0.05) is 31.9 Å². The fourth-order valence-corrected chi connectivity index (χ4v) is 4.74. The summed E-state index contributed by atoms with van der Waals surface area (Å²) in [5.41, 5.74) is 2.79. The first kappa shape index (κ1) is 21.6. The minimum Gasteiger partial charge on any atom is -0.506 e. The van der Waals surface area contributed by atoms with Crippen LogP contribution in [0.2, 0.25) is 0 Å². The highest BCUT2D eigenvalue weighted by Gasteiger charge is 2.11. The topological polar surface area (TPSA) is 65.2 Å². The molecule has 0 aromatic heterocycles. The molecule has 8 heteroatoms. The Hall–Kier alpha value is -0.700. The van der Waals surface area contributed by atoms with Gasteiger partial charge in [0.15, 0.2) is 0 Å². The molecule has 0 bridgehead atoms. The third-order valence-corrected chi connectivity index (χ3v) is 5.76. The standard InChI is InChI=1S/C18H16Br4N2O2/c1-9(13-5-11(19)7-15(21)17(13)25)23-3-4-24-10(2)14-6-12(20)8-16(22)18(14)26/h5-8,25-26H,3-4H2,1-2H3. The number of phenolic OH excluding ortho intramolecular Hbond substituents is 2. The molecule has 2 rings (SSSR count). The summed E-state index contributed by atoms with van der Waals surface area (Å²) in [6, 6.07) is 7.21. The monoisotopic (exact) mass is 608 g/mol. The number of aliphatic imine (C=N–C) groups is 2. The molecule has 0 unspecified atom stereocenters. The van der Waals surface area contributed by atoms with Crippen molar-refractivity contribution >= 4 is 75.1 Å². The van der Waals surface area contributed by atoms with Gasteiger partial charge in [-0.3, -0.25) is 9.98 Å². The van der Waals surface area contributed by atoms with Gasteiger partial charge in [0, 0.05) is 31.5 Å². The zero-order valence-corrected chi connectivity index (χ0v) is 20.4. The van der Waals surface area contributed by atoms with Crippen LogP contribution in [-0.2, 0) is 0 Å². The van der Waals surface area contributed by atoms with Crippen LogP contribution in [0.25, 0.3) is 0 Å². The fourth-order valence-electron chi connectivity index (χ4n) is 2.29. The third-order valence-electron chi connectivity index (χ3n) is 3.63. The van der Waals surface area contributed by atoms with E-state index < -0.39 is 0 Å². The van der Waals surface area contributed by atoms with Gasteiger partial charge >= 0.3 is 0 Å². The molecule has 0 amide bonds. The number of halogens is 4. The first-order valence-electron chi connectivity index (χ1n) is 7.59. The number of hydrogen-bond acceptors (Lipinski definition) is 4. The molecule has 2 N–H and O–H groups in total. The Balaban J connectivity index is 2.12. The van der Waals surface area contributed by atoms with Crippen LogP contribution in [0.3, 0.4) is 0 Å². The van der Waals surface area contributed by atoms with E-state index in [1.165, 1.54) is 0 Å². The van der Waals surface area contributed by atoms with Crippen LogP contribution in [0.15, 0.2) is 52.1 Å². The molecule has 138 valence electrons. The quantitative estimate of drug-likeness (QED) is 0.301. The number of phenols is 2. The highest BCUT2D eigenvalue weighted by molar-refractivity contribution is 9.11. The minimum absolute atomic E-state index is 0.165. The number of aromatic hydroxyl groups is 2. The molecule has 0 spiro atoms. The predicted molar refractivity (Wildman–Crippen MR) is 121 cm³/mol. The molecule has 0 fully saturated rings. The summed E-state index contributed by atoms with van der Waals surface area (Å²) in [6.45, 7) is 4.65. The van der Waals surface area contributed by atoms with Crippen LogP contribution in [-0.4, -0.2) is 34.7 Å². The van der Waals surface area contributed by atoms with E-state index in [0.29, 0.717) is 33.2 Å². The van der Waals surface area contributed by atoms with Crippen LogP contribution >= 0.6 is 63.7 Å². The van der Waals surface area contributed by atoms with Gasteiger partial charge in [-0.25, -0.2) is 0 Å². The number of hydrogen-bond donors (Lipinski definition) is 2. The predicted octanol–water partition coefficient (Wildman–Crippen LogP) is 6.47. The van der Waals surface area contributed by atoms with Gasteiger partial charge in [0.05, 0.1) is 22.0 Å². The molecule has 0 aliphatic carbocycles. The largest absolute Gasteiger partial charge is 0.506 e. The molecular formula is C18H16Br4N2O2. The lowest BCUT2D eigenvalue weighted by atomic mass is 10.1. The van der Waals surface area contributed by atoms with Gasteiger partial charge in [0.1, 0.15) is 11.5 Å². The van der Waals surface area contributed by atoms with Crippen molar-refractivity contribution in [1.82, 2.24) is 0 Å². The molecule has 4 nitrogen and oxygen atoms in total. The maximum atomic E-state index is 10.2. The number of rotatable bonds is 5. The second kappa shape index (κ2) is 9.48. The number of benzene rings is 2. The SMILES string of the molecule is CC(=NCCN=C(C)c1cc(Br)cc(Br)c1O)c1cc(Br)cc(Br)c1O. The Bertz CT molecular complexity index is 822. The van der Waals surface area contributed by atoms with Crippen molar-refractivity contribution in [3.05, 3.63) is 53.3 Å². The first-order valence-corrected chi connectivity index (χ1v) is 10.8. The zero-order valence-electron chi connectivity index (χ0n) is 14.0. The van der Waals surface area contributed by atoms with Crippen molar-refractivity contribution in [3.8, 4) is 11.5 Å². The summed E-state index contributed by atoms with van der Waals surface area (Å²) in [5.74, 6) is 0.330. The summed E-state index contributed by atoms with van der Waals surface area (Å²) in [6.07, 6.45) is 0. The Labute approximate surface area is 186 Å². The molecule has 0 aliphatic rings. The summed E-state index contributed by atoms with van der Waals surface area (Å²) in [5, 5.41) is 20.3. The number of nitrogens with zero attached hydrogens (tertiary/aromatic N) is 2. The molecule has 0 saturated carbocycles. The smallest absolute Gasteiger partial charge is 0.138 e. The van der Waals surface area contributed by atoms with Gasteiger partial charge in [0.25, 0.3) is 0 Å². The summed E-state index contributed by atoms with van der Waals surface area (Å²) < 4.78 is 2.94. The second-order valence-electron chi connectivity index (χ2n) is 5.50. The van der Waals surface area contributed by atoms with Crippen LogP contribution in [0.4, 0.5) is 0 Å². The van der Waals surface area contributed by atoms with Crippen LogP contribution < -0.4 is 0 Å². The molecule has 0 saturated heterocycles. The lowest BCUT2D eigenvalue weighted by molar-refractivity contribution is 0.470.